The first kappa shape index (κ1) is 36.1. The van der Waals surface area contributed by atoms with E-state index in [0.29, 0.717) is 6.42 Å². The Morgan fingerprint density at radius 2 is 1.16 bits per heavy atom. The van der Waals surface area contributed by atoms with E-state index in [0.717, 1.165) is 57.8 Å². The van der Waals surface area contributed by atoms with Crippen molar-refractivity contribution < 1.29 is 15.0 Å². The second-order valence-corrected chi connectivity index (χ2v) is 10.1. The number of hydrogen-bond acceptors (Lipinski definition) is 3. The lowest BCUT2D eigenvalue weighted by molar-refractivity contribution is -0.123. The van der Waals surface area contributed by atoms with Crippen molar-refractivity contribution in [3.8, 4) is 0 Å². The molecule has 0 aromatic heterocycles. The van der Waals surface area contributed by atoms with Gasteiger partial charge in [0.2, 0.25) is 5.91 Å². The number of aliphatic hydroxyl groups excluding tert-OH is 2. The van der Waals surface area contributed by atoms with Gasteiger partial charge in [0.1, 0.15) is 0 Å². The van der Waals surface area contributed by atoms with Crippen molar-refractivity contribution in [3.63, 3.8) is 0 Å². The fourth-order valence-electron chi connectivity index (χ4n) is 4.01. The summed E-state index contributed by atoms with van der Waals surface area (Å²) in [5.41, 5.74) is 0. The van der Waals surface area contributed by atoms with Crippen LogP contribution in [0.1, 0.15) is 129 Å². The molecule has 0 aliphatic carbocycles. The molecule has 4 heteroatoms. The van der Waals surface area contributed by atoms with Crippen molar-refractivity contribution in [2.45, 2.75) is 142 Å². The standard InChI is InChI=1S/C34H59NO3/c1-3-5-7-9-11-13-15-17-19-21-23-25-27-29-33(37)32(31-36)35-34(38)30-28-26-24-22-20-18-16-14-12-10-8-6-4-2/h8,10-11,13-14,16,19,21,27,29,32-33,36-37H,3-7,9,12,15,17-18,20,22-26,28,30-31H2,1-2H3,(H,35,38)/b10-8-,13-11+,16-14-,21-19+,29-27+. The van der Waals surface area contributed by atoms with Gasteiger partial charge >= 0.3 is 0 Å². The predicted octanol–water partition coefficient (Wildman–Crippen LogP) is 8.67. The summed E-state index contributed by atoms with van der Waals surface area (Å²) in [4.78, 5) is 12.2. The van der Waals surface area contributed by atoms with Crippen molar-refractivity contribution in [2.75, 3.05) is 6.61 Å². The highest BCUT2D eigenvalue weighted by Gasteiger charge is 2.17. The molecule has 2 unspecified atom stereocenters. The highest BCUT2D eigenvalue weighted by Crippen LogP contribution is 2.09. The zero-order valence-electron chi connectivity index (χ0n) is 24.7. The number of allylic oxidation sites excluding steroid dienone is 9. The molecule has 3 N–H and O–H groups in total. The summed E-state index contributed by atoms with van der Waals surface area (Å²) in [5, 5.41) is 22.7. The number of rotatable bonds is 26. The minimum Gasteiger partial charge on any atom is -0.394 e. The summed E-state index contributed by atoms with van der Waals surface area (Å²) < 4.78 is 0. The first-order chi connectivity index (χ1) is 18.7. The summed E-state index contributed by atoms with van der Waals surface area (Å²) in [6, 6.07) is -0.651. The SMILES string of the molecule is CCC/C=C\C/C=C\CCCCCCCC(=O)NC(CO)C(O)/C=C/CC/C=C/CC/C=C/CCCCC. The number of aliphatic hydroxyl groups is 2. The molecule has 0 bridgehead atoms. The molecular weight excluding hydrogens is 470 g/mol. The Bertz CT molecular complexity index is 663. The molecule has 1 amide bonds. The van der Waals surface area contributed by atoms with E-state index in [-0.39, 0.29) is 12.5 Å². The summed E-state index contributed by atoms with van der Waals surface area (Å²) in [7, 11) is 0. The molecule has 0 aromatic carbocycles. The van der Waals surface area contributed by atoms with Crippen LogP contribution in [-0.2, 0) is 4.79 Å². The topological polar surface area (TPSA) is 69.6 Å². The highest BCUT2D eigenvalue weighted by molar-refractivity contribution is 5.76. The van der Waals surface area contributed by atoms with Gasteiger partial charge in [-0.25, -0.2) is 0 Å². The molecule has 0 aliphatic heterocycles. The van der Waals surface area contributed by atoms with Gasteiger partial charge in [0, 0.05) is 6.42 Å². The Labute approximate surface area is 235 Å². The van der Waals surface area contributed by atoms with Crippen molar-refractivity contribution in [1.29, 1.82) is 0 Å². The van der Waals surface area contributed by atoms with Crippen LogP contribution in [0.2, 0.25) is 0 Å². The summed E-state index contributed by atoms with van der Waals surface area (Å²) in [5.74, 6) is -0.0992. The van der Waals surface area contributed by atoms with Crippen LogP contribution in [0, 0.1) is 0 Å². The van der Waals surface area contributed by atoms with Crippen molar-refractivity contribution in [2.24, 2.45) is 0 Å². The molecule has 0 spiro atoms. The van der Waals surface area contributed by atoms with E-state index >= 15 is 0 Å². The number of hydrogen-bond donors (Lipinski definition) is 3. The van der Waals surface area contributed by atoms with Gasteiger partial charge in [0.25, 0.3) is 0 Å². The normalized spacial score (nSPS) is 14.1. The number of carbonyl (C=O) groups excluding carboxylic acids is 1. The third kappa shape index (κ3) is 25.7. The lowest BCUT2D eigenvalue weighted by Gasteiger charge is -2.19. The summed E-state index contributed by atoms with van der Waals surface area (Å²) in [6.45, 7) is 4.15. The second-order valence-electron chi connectivity index (χ2n) is 10.1. The van der Waals surface area contributed by atoms with Gasteiger partial charge in [-0.05, 0) is 70.6 Å². The fourth-order valence-corrected chi connectivity index (χ4v) is 4.01. The first-order valence-corrected chi connectivity index (χ1v) is 15.5. The Hall–Kier alpha value is -1.91. The molecule has 38 heavy (non-hydrogen) atoms. The van der Waals surface area contributed by atoms with Gasteiger partial charge in [0.15, 0.2) is 0 Å². The maximum absolute atomic E-state index is 12.2. The van der Waals surface area contributed by atoms with Crippen LogP contribution >= 0.6 is 0 Å². The van der Waals surface area contributed by atoms with E-state index in [1.54, 1.807) is 6.08 Å². The molecule has 0 radical (unpaired) electrons. The van der Waals surface area contributed by atoms with Crippen LogP contribution in [-0.4, -0.2) is 34.9 Å². The van der Waals surface area contributed by atoms with E-state index in [2.05, 4.69) is 67.8 Å². The van der Waals surface area contributed by atoms with Crippen LogP contribution in [0.4, 0.5) is 0 Å². The number of unbranched alkanes of at least 4 members (excludes halogenated alkanes) is 11. The largest absolute Gasteiger partial charge is 0.394 e. The molecule has 0 aliphatic rings. The Morgan fingerprint density at radius 3 is 1.79 bits per heavy atom. The predicted molar refractivity (Wildman–Crippen MR) is 165 cm³/mol. The van der Waals surface area contributed by atoms with Gasteiger partial charge in [0.05, 0.1) is 18.8 Å². The second kappa shape index (κ2) is 29.6. The zero-order chi connectivity index (χ0) is 27.9. The monoisotopic (exact) mass is 529 g/mol. The zero-order valence-corrected chi connectivity index (χ0v) is 24.7. The van der Waals surface area contributed by atoms with E-state index < -0.39 is 12.1 Å². The Morgan fingerprint density at radius 1 is 0.632 bits per heavy atom. The van der Waals surface area contributed by atoms with Gasteiger partial charge in [-0.2, -0.15) is 0 Å². The van der Waals surface area contributed by atoms with Crippen molar-refractivity contribution in [3.05, 3.63) is 60.8 Å². The molecule has 218 valence electrons. The van der Waals surface area contributed by atoms with Gasteiger partial charge in [-0.1, -0.05) is 113 Å². The summed E-state index contributed by atoms with van der Waals surface area (Å²) >= 11 is 0. The first-order valence-electron chi connectivity index (χ1n) is 15.5. The fraction of sp³-hybridized carbons (Fsp3) is 0.676. The third-order valence-corrected chi connectivity index (χ3v) is 6.43. The lowest BCUT2D eigenvalue weighted by atomic mass is 10.1. The molecule has 0 fully saturated rings. The molecule has 0 aromatic rings. The van der Waals surface area contributed by atoms with Gasteiger partial charge < -0.3 is 15.5 Å². The molecular formula is C34H59NO3. The molecule has 0 saturated heterocycles. The van der Waals surface area contributed by atoms with E-state index in [9.17, 15) is 15.0 Å². The number of carbonyl (C=O) groups is 1. The maximum Gasteiger partial charge on any atom is 0.220 e. The third-order valence-electron chi connectivity index (χ3n) is 6.43. The van der Waals surface area contributed by atoms with E-state index in [4.69, 9.17) is 0 Å². The molecule has 0 saturated carbocycles. The summed E-state index contributed by atoms with van der Waals surface area (Å²) in [6.07, 6.45) is 40.0. The number of amides is 1. The molecule has 4 nitrogen and oxygen atoms in total. The lowest BCUT2D eigenvalue weighted by Crippen LogP contribution is -2.45. The van der Waals surface area contributed by atoms with Crippen LogP contribution in [0.15, 0.2) is 60.8 Å². The van der Waals surface area contributed by atoms with Crippen LogP contribution in [0.5, 0.6) is 0 Å². The molecule has 0 rings (SSSR count). The van der Waals surface area contributed by atoms with Crippen LogP contribution in [0.3, 0.4) is 0 Å². The Balaban J connectivity index is 3.82. The van der Waals surface area contributed by atoms with Gasteiger partial charge in [-0.3, -0.25) is 4.79 Å². The van der Waals surface area contributed by atoms with Gasteiger partial charge in [-0.15, -0.1) is 0 Å². The van der Waals surface area contributed by atoms with Crippen LogP contribution < -0.4 is 5.32 Å². The number of nitrogens with one attached hydrogen (secondary N) is 1. The smallest absolute Gasteiger partial charge is 0.220 e. The highest BCUT2D eigenvalue weighted by atomic mass is 16.3. The van der Waals surface area contributed by atoms with E-state index in [1.165, 1.54) is 51.4 Å². The minimum atomic E-state index is -0.874. The average molecular weight is 530 g/mol. The van der Waals surface area contributed by atoms with Crippen molar-refractivity contribution >= 4 is 5.91 Å². The molecule has 0 heterocycles. The Kier molecular flexibility index (Phi) is 28.2. The molecule has 2 atom stereocenters. The maximum atomic E-state index is 12.2. The van der Waals surface area contributed by atoms with Crippen molar-refractivity contribution in [1.82, 2.24) is 5.32 Å². The van der Waals surface area contributed by atoms with Crippen LogP contribution in [0.25, 0.3) is 0 Å². The van der Waals surface area contributed by atoms with E-state index in [1.807, 2.05) is 6.08 Å². The average Bonchev–Trinajstić information content (AvgIpc) is 2.92. The quantitative estimate of drug-likeness (QED) is 0.0775. The minimum absolute atomic E-state index is 0.0992.